The number of carbonyl (C=O) groups excluding carboxylic acids is 1. The predicted octanol–water partition coefficient (Wildman–Crippen LogP) is 3.08. The number of benzene rings is 1. The van der Waals surface area contributed by atoms with Crippen LogP contribution >= 0.6 is 11.8 Å². The van der Waals surface area contributed by atoms with Crippen LogP contribution in [0.2, 0.25) is 0 Å². The fourth-order valence-corrected chi connectivity index (χ4v) is 2.60. The van der Waals surface area contributed by atoms with E-state index in [-0.39, 0.29) is 17.4 Å². The summed E-state index contributed by atoms with van der Waals surface area (Å²) in [5.41, 5.74) is 0.915. The molecule has 0 aromatic heterocycles. The highest BCUT2D eigenvalue weighted by Crippen LogP contribution is 2.32. The van der Waals surface area contributed by atoms with Crippen LogP contribution in [-0.2, 0) is 4.79 Å². The smallest absolute Gasteiger partial charge is 0.244 e. The normalized spacial score (nSPS) is 13.7. The highest BCUT2D eigenvalue weighted by Gasteiger charge is 2.12. The number of ether oxygens (including phenoxy) is 2. The molecule has 0 radical (unpaired) electrons. The highest BCUT2D eigenvalue weighted by molar-refractivity contribution is 8.00. The monoisotopic (exact) mass is 307 g/mol. The number of hydrogen-bond acceptors (Lipinski definition) is 4. The molecule has 21 heavy (non-hydrogen) atoms. The molecule has 4 nitrogen and oxygen atoms in total. The summed E-state index contributed by atoms with van der Waals surface area (Å²) in [7, 11) is 0. The van der Waals surface area contributed by atoms with Crippen LogP contribution in [0.4, 0.5) is 0 Å². The number of rotatable bonds is 5. The van der Waals surface area contributed by atoms with Crippen LogP contribution in [0.1, 0.15) is 26.3 Å². The molecule has 1 heterocycles. The van der Waals surface area contributed by atoms with Crippen molar-refractivity contribution in [3.05, 3.63) is 29.8 Å². The summed E-state index contributed by atoms with van der Waals surface area (Å²) in [6, 6.07) is 5.61. The van der Waals surface area contributed by atoms with E-state index >= 15 is 0 Å². The molecule has 0 saturated heterocycles. The van der Waals surface area contributed by atoms with E-state index in [1.54, 1.807) is 12.2 Å². The van der Waals surface area contributed by atoms with Gasteiger partial charge in [0.1, 0.15) is 0 Å². The maximum Gasteiger partial charge on any atom is 0.244 e. The molecule has 1 N–H and O–H groups in total. The molecule has 0 unspecified atom stereocenters. The second-order valence-corrected chi connectivity index (χ2v) is 7.62. The Balaban J connectivity index is 1.77. The second kappa shape index (κ2) is 6.89. The third kappa shape index (κ3) is 5.34. The number of hydrogen-bond donors (Lipinski definition) is 1. The second-order valence-electron chi connectivity index (χ2n) is 5.70. The van der Waals surface area contributed by atoms with Gasteiger partial charge in [-0.1, -0.05) is 26.8 Å². The fraction of sp³-hybridized carbons (Fsp3) is 0.438. The maximum atomic E-state index is 11.7. The number of fused-ring (bicyclic) bond motifs is 1. The van der Waals surface area contributed by atoms with Gasteiger partial charge >= 0.3 is 0 Å². The zero-order chi connectivity index (χ0) is 15.3. The summed E-state index contributed by atoms with van der Waals surface area (Å²) in [5, 5.41) is 2.88. The van der Waals surface area contributed by atoms with Gasteiger partial charge in [0.2, 0.25) is 12.7 Å². The molecule has 1 aromatic rings. The molecule has 1 amide bonds. The standard InChI is InChI=1S/C16H21NO3S/c1-16(2,3)21-9-8-17-15(18)7-5-12-4-6-13-14(10-12)20-11-19-13/h4-7,10H,8-9,11H2,1-3H3,(H,17,18)/b7-5+. The molecule has 1 aliphatic rings. The summed E-state index contributed by atoms with van der Waals surface area (Å²) in [6.45, 7) is 7.43. The topological polar surface area (TPSA) is 47.6 Å². The van der Waals surface area contributed by atoms with Crippen LogP contribution in [0.25, 0.3) is 6.08 Å². The SMILES string of the molecule is CC(C)(C)SCCNC(=O)/C=C/c1ccc2c(c1)OCO2. The van der Waals surface area contributed by atoms with Crippen molar-refractivity contribution in [2.45, 2.75) is 25.5 Å². The lowest BCUT2D eigenvalue weighted by molar-refractivity contribution is -0.116. The van der Waals surface area contributed by atoms with Crippen LogP contribution in [0.15, 0.2) is 24.3 Å². The van der Waals surface area contributed by atoms with E-state index < -0.39 is 0 Å². The van der Waals surface area contributed by atoms with Gasteiger partial charge in [-0.05, 0) is 23.8 Å². The first kappa shape index (κ1) is 15.8. The predicted molar refractivity (Wildman–Crippen MR) is 86.8 cm³/mol. The maximum absolute atomic E-state index is 11.7. The lowest BCUT2D eigenvalue weighted by Gasteiger charge is -2.17. The molecule has 1 aromatic carbocycles. The Hall–Kier alpha value is -1.62. The molecule has 1 aliphatic heterocycles. The molecule has 0 bridgehead atoms. The third-order valence-corrected chi connectivity index (χ3v) is 4.03. The van der Waals surface area contributed by atoms with Crippen LogP contribution in [0, 0.1) is 0 Å². The minimum Gasteiger partial charge on any atom is -0.454 e. The van der Waals surface area contributed by atoms with Gasteiger partial charge in [0.25, 0.3) is 0 Å². The van der Waals surface area contributed by atoms with Crippen LogP contribution in [-0.4, -0.2) is 29.7 Å². The van der Waals surface area contributed by atoms with Crippen molar-refractivity contribution >= 4 is 23.7 Å². The van der Waals surface area contributed by atoms with E-state index in [9.17, 15) is 4.79 Å². The summed E-state index contributed by atoms with van der Waals surface area (Å²) < 4.78 is 10.8. The van der Waals surface area contributed by atoms with E-state index in [1.807, 2.05) is 30.0 Å². The van der Waals surface area contributed by atoms with Gasteiger partial charge in [-0.2, -0.15) is 11.8 Å². The van der Waals surface area contributed by atoms with Crippen LogP contribution in [0.5, 0.6) is 11.5 Å². The van der Waals surface area contributed by atoms with E-state index in [0.29, 0.717) is 6.54 Å². The van der Waals surface area contributed by atoms with Crippen LogP contribution in [0.3, 0.4) is 0 Å². The quantitative estimate of drug-likeness (QED) is 0.671. The minimum atomic E-state index is -0.0813. The Kier molecular flexibility index (Phi) is 5.17. The zero-order valence-corrected chi connectivity index (χ0v) is 13.5. The first-order valence-electron chi connectivity index (χ1n) is 6.93. The molecular formula is C16H21NO3S. The number of thioether (sulfide) groups is 1. The van der Waals surface area contributed by atoms with Crippen LogP contribution < -0.4 is 14.8 Å². The van der Waals surface area contributed by atoms with Gasteiger partial charge in [-0.15, -0.1) is 0 Å². The molecular weight excluding hydrogens is 286 g/mol. The molecule has 0 fully saturated rings. The van der Waals surface area contributed by atoms with E-state index in [4.69, 9.17) is 9.47 Å². The molecule has 0 aliphatic carbocycles. The molecule has 0 saturated carbocycles. The average molecular weight is 307 g/mol. The molecule has 5 heteroatoms. The number of carbonyl (C=O) groups is 1. The highest BCUT2D eigenvalue weighted by atomic mass is 32.2. The van der Waals surface area contributed by atoms with Gasteiger partial charge in [0.15, 0.2) is 11.5 Å². The summed E-state index contributed by atoms with van der Waals surface area (Å²) >= 11 is 1.83. The van der Waals surface area contributed by atoms with Crippen molar-refractivity contribution < 1.29 is 14.3 Å². The zero-order valence-electron chi connectivity index (χ0n) is 12.6. The molecule has 2 rings (SSSR count). The van der Waals surface area contributed by atoms with Gasteiger partial charge < -0.3 is 14.8 Å². The number of amides is 1. The molecule has 0 spiro atoms. The van der Waals surface area contributed by atoms with Gasteiger partial charge in [-0.3, -0.25) is 4.79 Å². The van der Waals surface area contributed by atoms with Crippen molar-refractivity contribution in [1.82, 2.24) is 5.32 Å². The number of nitrogens with one attached hydrogen (secondary N) is 1. The summed E-state index contributed by atoms with van der Waals surface area (Å²) in [5.74, 6) is 2.30. The summed E-state index contributed by atoms with van der Waals surface area (Å²) in [4.78, 5) is 11.7. The Morgan fingerprint density at radius 1 is 1.33 bits per heavy atom. The largest absolute Gasteiger partial charge is 0.454 e. The average Bonchev–Trinajstić information content (AvgIpc) is 2.87. The van der Waals surface area contributed by atoms with Crippen molar-refractivity contribution in [3.63, 3.8) is 0 Å². The van der Waals surface area contributed by atoms with Crippen molar-refractivity contribution in [1.29, 1.82) is 0 Å². The van der Waals surface area contributed by atoms with E-state index in [2.05, 4.69) is 26.1 Å². The van der Waals surface area contributed by atoms with Crippen molar-refractivity contribution in [2.24, 2.45) is 0 Å². The fourth-order valence-electron chi connectivity index (χ4n) is 1.78. The Bertz CT molecular complexity index is 535. The summed E-state index contributed by atoms with van der Waals surface area (Å²) in [6.07, 6.45) is 3.31. The van der Waals surface area contributed by atoms with E-state index in [0.717, 1.165) is 22.8 Å². The molecule has 114 valence electrons. The molecule has 0 atom stereocenters. The minimum absolute atomic E-state index is 0.0813. The van der Waals surface area contributed by atoms with E-state index in [1.165, 1.54) is 0 Å². The van der Waals surface area contributed by atoms with Gasteiger partial charge in [-0.25, -0.2) is 0 Å². The van der Waals surface area contributed by atoms with Gasteiger partial charge in [0, 0.05) is 23.1 Å². The first-order valence-corrected chi connectivity index (χ1v) is 7.92. The third-order valence-electron chi connectivity index (χ3n) is 2.76. The van der Waals surface area contributed by atoms with Gasteiger partial charge in [0.05, 0.1) is 0 Å². The first-order chi connectivity index (χ1) is 9.94. The lowest BCUT2D eigenvalue weighted by Crippen LogP contribution is -2.25. The van der Waals surface area contributed by atoms with Crippen molar-refractivity contribution in [2.75, 3.05) is 19.1 Å². The Morgan fingerprint density at radius 2 is 2.10 bits per heavy atom. The Morgan fingerprint density at radius 3 is 2.86 bits per heavy atom. The Labute approximate surface area is 129 Å². The van der Waals surface area contributed by atoms with Crippen molar-refractivity contribution in [3.8, 4) is 11.5 Å². The lowest BCUT2D eigenvalue weighted by atomic mass is 10.2.